The lowest BCUT2D eigenvalue weighted by molar-refractivity contribution is 0.168. The zero-order chi connectivity index (χ0) is 11.9. The second-order valence-corrected chi connectivity index (χ2v) is 4.25. The summed E-state index contributed by atoms with van der Waals surface area (Å²) in [6, 6.07) is 3.10. The Hall–Kier alpha value is -2.00. The Balaban J connectivity index is 2.16. The summed E-state index contributed by atoms with van der Waals surface area (Å²) in [4.78, 5) is 14.3. The van der Waals surface area contributed by atoms with Gasteiger partial charge in [-0.1, -0.05) is 0 Å². The van der Waals surface area contributed by atoms with E-state index in [1.54, 1.807) is 12.1 Å². The summed E-state index contributed by atoms with van der Waals surface area (Å²) in [6.07, 6.45) is 3.12. The van der Waals surface area contributed by atoms with Crippen molar-refractivity contribution >= 4 is 6.08 Å². The summed E-state index contributed by atoms with van der Waals surface area (Å²) in [7, 11) is 0. The maximum absolute atomic E-state index is 10.5. The van der Waals surface area contributed by atoms with Crippen LogP contribution in [0.25, 0.3) is 0 Å². The Kier molecular flexibility index (Phi) is 2.09. The second kappa shape index (κ2) is 3.50. The molecule has 1 fully saturated rings. The monoisotopic (exact) mass is 233 g/mol. The highest BCUT2D eigenvalue weighted by atomic mass is 16.6. The van der Waals surface area contributed by atoms with Crippen LogP contribution in [0.5, 0.6) is 17.2 Å². The first-order chi connectivity index (χ1) is 8.25. The van der Waals surface area contributed by atoms with Crippen LogP contribution in [-0.4, -0.2) is 24.4 Å². The minimum absolute atomic E-state index is 0.0941. The molecule has 1 saturated carbocycles. The van der Waals surface area contributed by atoms with Crippen molar-refractivity contribution in [2.24, 2.45) is 4.99 Å². The molecule has 3 rings (SSSR count). The molecule has 1 heterocycles. The fraction of sp³-hybridized carbons (Fsp3) is 0.417. The summed E-state index contributed by atoms with van der Waals surface area (Å²) < 4.78 is 11.0. The van der Waals surface area contributed by atoms with E-state index in [1.165, 1.54) is 6.07 Å². The summed E-state index contributed by atoms with van der Waals surface area (Å²) >= 11 is 0. The van der Waals surface area contributed by atoms with Gasteiger partial charge in [-0.15, -0.1) is 0 Å². The van der Waals surface area contributed by atoms with Gasteiger partial charge in [-0.3, -0.25) is 0 Å². The number of phenolic OH excluding ortho intramolecular Hbond substituents is 1. The molecule has 0 unspecified atom stereocenters. The number of aromatic hydroxyl groups is 1. The Morgan fingerprint density at radius 1 is 1.29 bits per heavy atom. The highest BCUT2D eigenvalue weighted by molar-refractivity contribution is 5.57. The normalized spacial score (nSPS) is 19.3. The predicted molar refractivity (Wildman–Crippen MR) is 58.1 cm³/mol. The fourth-order valence-corrected chi connectivity index (χ4v) is 2.13. The zero-order valence-electron chi connectivity index (χ0n) is 9.10. The number of fused-ring (bicyclic) bond motifs is 1. The number of carbonyl (C=O) groups excluding carboxylic acids is 1. The topological polar surface area (TPSA) is 68.1 Å². The molecule has 1 N–H and O–H groups in total. The molecule has 1 aromatic carbocycles. The van der Waals surface area contributed by atoms with E-state index in [1.807, 2.05) is 0 Å². The van der Waals surface area contributed by atoms with Gasteiger partial charge in [-0.05, 0) is 18.9 Å². The zero-order valence-corrected chi connectivity index (χ0v) is 9.10. The number of isocyanates is 1. The second-order valence-electron chi connectivity index (χ2n) is 4.25. The quantitative estimate of drug-likeness (QED) is 0.620. The van der Waals surface area contributed by atoms with Crippen LogP contribution in [0.3, 0.4) is 0 Å². The number of nitrogens with zero attached hydrogens (tertiary/aromatic N) is 1. The lowest BCUT2D eigenvalue weighted by atomic mass is 10.0. The molecule has 0 radical (unpaired) electrons. The van der Waals surface area contributed by atoms with Gasteiger partial charge < -0.3 is 14.6 Å². The van der Waals surface area contributed by atoms with E-state index in [9.17, 15) is 9.90 Å². The summed E-state index contributed by atoms with van der Waals surface area (Å²) in [6.45, 7) is 0.922. The van der Waals surface area contributed by atoms with Crippen LogP contribution >= 0.6 is 0 Å². The Morgan fingerprint density at radius 3 is 2.76 bits per heavy atom. The van der Waals surface area contributed by atoms with Gasteiger partial charge >= 0.3 is 0 Å². The van der Waals surface area contributed by atoms with E-state index in [2.05, 4.69) is 4.99 Å². The number of ether oxygens (including phenoxy) is 2. The van der Waals surface area contributed by atoms with Crippen LogP contribution in [0.15, 0.2) is 17.1 Å². The van der Waals surface area contributed by atoms with Gasteiger partial charge in [0.1, 0.15) is 24.5 Å². The van der Waals surface area contributed by atoms with Gasteiger partial charge in [-0.2, -0.15) is 4.99 Å². The number of hydrogen-bond acceptors (Lipinski definition) is 5. The third-order valence-corrected chi connectivity index (χ3v) is 3.11. The lowest BCUT2D eigenvalue weighted by Gasteiger charge is -2.23. The lowest BCUT2D eigenvalue weighted by Crippen LogP contribution is -2.18. The van der Waals surface area contributed by atoms with Crippen molar-refractivity contribution in [2.75, 3.05) is 13.2 Å². The largest absolute Gasteiger partial charge is 0.508 e. The highest BCUT2D eigenvalue weighted by Crippen LogP contribution is 2.55. The average molecular weight is 233 g/mol. The van der Waals surface area contributed by atoms with Crippen molar-refractivity contribution in [3.05, 3.63) is 17.7 Å². The van der Waals surface area contributed by atoms with E-state index in [0.717, 1.165) is 18.4 Å². The minimum atomic E-state index is -0.564. The molecule has 0 spiro atoms. The number of rotatable bonds is 2. The standard InChI is InChI=1S/C12H11NO4/c14-7-13-12(1-2-12)9-5-8(15)6-10-11(9)17-4-3-16-10/h5-6,15H,1-4H2. The summed E-state index contributed by atoms with van der Waals surface area (Å²) in [5, 5.41) is 9.65. The number of phenols is 1. The molecular weight excluding hydrogens is 222 g/mol. The van der Waals surface area contributed by atoms with Crippen LogP contribution in [0.2, 0.25) is 0 Å². The Morgan fingerprint density at radius 2 is 2.06 bits per heavy atom. The molecule has 5 nitrogen and oxygen atoms in total. The molecule has 1 aliphatic heterocycles. The van der Waals surface area contributed by atoms with E-state index in [4.69, 9.17) is 9.47 Å². The maximum Gasteiger partial charge on any atom is 0.235 e. The van der Waals surface area contributed by atoms with Gasteiger partial charge in [0.15, 0.2) is 11.5 Å². The molecule has 0 aromatic heterocycles. The first-order valence-corrected chi connectivity index (χ1v) is 5.47. The van der Waals surface area contributed by atoms with Crippen LogP contribution in [0, 0.1) is 0 Å². The van der Waals surface area contributed by atoms with Gasteiger partial charge in [0.05, 0.1) is 0 Å². The summed E-state index contributed by atoms with van der Waals surface area (Å²) in [5.74, 6) is 1.20. The smallest absolute Gasteiger partial charge is 0.235 e. The van der Waals surface area contributed by atoms with Crippen LogP contribution in [0.4, 0.5) is 0 Å². The maximum atomic E-state index is 10.5. The SMILES string of the molecule is O=C=NC1(c2cc(O)cc3c2OCCO3)CC1. The summed E-state index contributed by atoms with van der Waals surface area (Å²) in [5.41, 5.74) is 0.154. The van der Waals surface area contributed by atoms with E-state index >= 15 is 0 Å². The van der Waals surface area contributed by atoms with Crippen LogP contribution in [0.1, 0.15) is 18.4 Å². The minimum Gasteiger partial charge on any atom is -0.508 e. The fourth-order valence-electron chi connectivity index (χ4n) is 2.13. The van der Waals surface area contributed by atoms with E-state index in [0.29, 0.717) is 24.7 Å². The average Bonchev–Trinajstić information content (AvgIpc) is 3.09. The molecule has 0 bridgehead atoms. The molecule has 5 heteroatoms. The van der Waals surface area contributed by atoms with Crippen molar-refractivity contribution in [3.63, 3.8) is 0 Å². The van der Waals surface area contributed by atoms with Gasteiger partial charge in [0.25, 0.3) is 0 Å². The number of hydrogen-bond donors (Lipinski definition) is 1. The predicted octanol–water partition coefficient (Wildman–Crippen LogP) is 1.49. The molecule has 17 heavy (non-hydrogen) atoms. The van der Waals surface area contributed by atoms with Gasteiger partial charge in [-0.25, -0.2) is 4.79 Å². The number of aliphatic imine (C=N–C) groups is 1. The van der Waals surface area contributed by atoms with Gasteiger partial charge in [0, 0.05) is 11.6 Å². The van der Waals surface area contributed by atoms with Crippen molar-refractivity contribution in [2.45, 2.75) is 18.4 Å². The third kappa shape index (κ3) is 1.56. The first-order valence-electron chi connectivity index (χ1n) is 5.47. The molecule has 0 saturated heterocycles. The highest BCUT2D eigenvalue weighted by Gasteiger charge is 2.48. The Labute approximate surface area is 97.7 Å². The van der Waals surface area contributed by atoms with E-state index in [-0.39, 0.29) is 5.75 Å². The Bertz CT molecular complexity index is 515. The van der Waals surface area contributed by atoms with Crippen molar-refractivity contribution in [1.29, 1.82) is 0 Å². The van der Waals surface area contributed by atoms with E-state index < -0.39 is 5.54 Å². The molecule has 0 atom stereocenters. The van der Waals surface area contributed by atoms with Crippen LogP contribution in [-0.2, 0) is 10.3 Å². The molecule has 88 valence electrons. The molecule has 2 aliphatic rings. The number of benzene rings is 1. The molecule has 1 aromatic rings. The first kappa shape index (κ1) is 10.2. The van der Waals surface area contributed by atoms with Gasteiger partial charge in [0.2, 0.25) is 6.08 Å². The van der Waals surface area contributed by atoms with Crippen molar-refractivity contribution in [3.8, 4) is 17.2 Å². The van der Waals surface area contributed by atoms with Crippen molar-refractivity contribution in [1.82, 2.24) is 0 Å². The molecule has 1 aliphatic carbocycles. The molecule has 0 amide bonds. The third-order valence-electron chi connectivity index (χ3n) is 3.11. The van der Waals surface area contributed by atoms with Crippen molar-refractivity contribution < 1.29 is 19.4 Å². The molecular formula is C12H11NO4. The van der Waals surface area contributed by atoms with Crippen LogP contribution < -0.4 is 9.47 Å².